The highest BCUT2D eigenvalue weighted by Crippen LogP contribution is 2.24. The number of carboxylic acid groups (broad SMARTS) is 1. The van der Waals surface area contributed by atoms with E-state index in [1.165, 1.54) is 12.1 Å². The fourth-order valence-electron chi connectivity index (χ4n) is 1.70. The number of carbonyl (C=O) groups is 1. The zero-order chi connectivity index (χ0) is 14.9. The number of nitrogens with zero attached hydrogens (tertiary/aromatic N) is 2. The summed E-state index contributed by atoms with van der Waals surface area (Å²) in [6.07, 6.45) is 0. The van der Waals surface area contributed by atoms with Gasteiger partial charge in [-0.05, 0) is 40.2 Å². The minimum absolute atomic E-state index is 0.110. The van der Waals surface area contributed by atoms with E-state index in [4.69, 9.17) is 5.11 Å². The van der Waals surface area contributed by atoms with Crippen LogP contribution in [0.4, 0.5) is 4.39 Å². The molecule has 1 aromatic heterocycles. The molecule has 0 aliphatic heterocycles. The van der Waals surface area contributed by atoms with Crippen LogP contribution in [0.1, 0.15) is 35.9 Å². The van der Waals surface area contributed by atoms with Crippen LogP contribution in [-0.4, -0.2) is 21.0 Å². The summed E-state index contributed by atoms with van der Waals surface area (Å²) in [7, 11) is 0. The van der Waals surface area contributed by atoms with Crippen LogP contribution >= 0.6 is 15.9 Å². The molecule has 0 unspecified atom stereocenters. The summed E-state index contributed by atoms with van der Waals surface area (Å²) >= 11 is 3.28. The second-order valence-electron chi connectivity index (χ2n) is 4.62. The van der Waals surface area contributed by atoms with Crippen molar-refractivity contribution in [1.29, 1.82) is 0 Å². The number of benzene rings is 1. The molecular formula is C14H12BrFN2O2. The zero-order valence-corrected chi connectivity index (χ0v) is 12.5. The molecule has 1 N–H and O–H groups in total. The van der Waals surface area contributed by atoms with E-state index in [0.29, 0.717) is 21.7 Å². The number of hydrogen-bond donors (Lipinski definition) is 1. The van der Waals surface area contributed by atoms with E-state index in [2.05, 4.69) is 25.9 Å². The fourth-order valence-corrected chi connectivity index (χ4v) is 2.10. The molecule has 0 aliphatic rings. The quantitative estimate of drug-likeness (QED) is 0.863. The molecule has 0 fully saturated rings. The van der Waals surface area contributed by atoms with Crippen LogP contribution in [-0.2, 0) is 0 Å². The predicted octanol–water partition coefficient (Wildman–Crippen LogP) is 3.87. The van der Waals surface area contributed by atoms with E-state index in [0.717, 1.165) is 6.07 Å². The third kappa shape index (κ3) is 3.19. The Hall–Kier alpha value is -1.82. The number of aromatic carboxylic acids is 1. The third-order valence-corrected chi connectivity index (χ3v) is 3.08. The van der Waals surface area contributed by atoms with E-state index >= 15 is 0 Å². The number of halogens is 2. The normalized spacial score (nSPS) is 10.8. The molecule has 0 aliphatic carbocycles. The topological polar surface area (TPSA) is 63.1 Å². The number of aromatic nitrogens is 2. The fraction of sp³-hybridized carbons (Fsp3) is 0.214. The van der Waals surface area contributed by atoms with Gasteiger partial charge in [-0.1, -0.05) is 13.8 Å². The van der Waals surface area contributed by atoms with Gasteiger partial charge in [-0.25, -0.2) is 19.2 Å². The van der Waals surface area contributed by atoms with Crippen molar-refractivity contribution < 1.29 is 14.3 Å². The van der Waals surface area contributed by atoms with Crippen molar-refractivity contribution in [2.45, 2.75) is 19.8 Å². The van der Waals surface area contributed by atoms with E-state index in [1.807, 2.05) is 13.8 Å². The van der Waals surface area contributed by atoms with Crippen LogP contribution in [0, 0.1) is 5.82 Å². The van der Waals surface area contributed by atoms with Crippen LogP contribution in [0.2, 0.25) is 0 Å². The summed E-state index contributed by atoms with van der Waals surface area (Å²) in [6, 6.07) is 5.26. The van der Waals surface area contributed by atoms with Crippen molar-refractivity contribution in [2.75, 3.05) is 0 Å². The van der Waals surface area contributed by atoms with Crippen LogP contribution in [0.15, 0.2) is 28.9 Å². The molecule has 0 amide bonds. The standard InChI is InChI=1S/C14H12BrFN2O2/c1-7(2)13-17-11(6-12(15)18-13)8-3-9(14(19)20)5-10(16)4-8/h3-7H,1-2H3,(H,19,20). The van der Waals surface area contributed by atoms with Crippen LogP contribution in [0.5, 0.6) is 0 Å². The van der Waals surface area contributed by atoms with Gasteiger partial charge in [0.15, 0.2) is 0 Å². The Morgan fingerprint density at radius 2 is 1.95 bits per heavy atom. The highest BCUT2D eigenvalue weighted by molar-refractivity contribution is 9.10. The molecule has 0 saturated carbocycles. The highest BCUT2D eigenvalue weighted by Gasteiger charge is 2.12. The lowest BCUT2D eigenvalue weighted by Gasteiger charge is -2.08. The average Bonchev–Trinajstić information content (AvgIpc) is 2.37. The minimum Gasteiger partial charge on any atom is -0.478 e. The first-order chi connectivity index (χ1) is 9.36. The van der Waals surface area contributed by atoms with Gasteiger partial charge in [-0.15, -0.1) is 0 Å². The molecule has 20 heavy (non-hydrogen) atoms. The maximum absolute atomic E-state index is 13.5. The first-order valence-corrected chi connectivity index (χ1v) is 6.75. The van der Waals surface area contributed by atoms with Gasteiger partial charge < -0.3 is 5.11 Å². The van der Waals surface area contributed by atoms with E-state index in [9.17, 15) is 9.18 Å². The van der Waals surface area contributed by atoms with Crippen molar-refractivity contribution in [3.63, 3.8) is 0 Å². The van der Waals surface area contributed by atoms with Gasteiger partial charge in [0.05, 0.1) is 11.3 Å². The van der Waals surface area contributed by atoms with Gasteiger partial charge in [0.25, 0.3) is 0 Å². The largest absolute Gasteiger partial charge is 0.478 e. The van der Waals surface area contributed by atoms with E-state index in [-0.39, 0.29) is 11.5 Å². The lowest BCUT2D eigenvalue weighted by Crippen LogP contribution is -2.01. The SMILES string of the molecule is CC(C)c1nc(Br)cc(-c2cc(F)cc(C(=O)O)c2)n1. The second-order valence-corrected chi connectivity index (χ2v) is 5.44. The van der Waals surface area contributed by atoms with Crippen molar-refractivity contribution in [3.05, 3.63) is 46.1 Å². The molecule has 0 bridgehead atoms. The first-order valence-electron chi connectivity index (χ1n) is 5.95. The van der Waals surface area contributed by atoms with E-state index < -0.39 is 11.8 Å². The Bertz CT molecular complexity index is 674. The Balaban J connectivity index is 2.59. The lowest BCUT2D eigenvalue weighted by molar-refractivity contribution is 0.0696. The summed E-state index contributed by atoms with van der Waals surface area (Å²) < 4.78 is 14.1. The molecule has 0 atom stereocenters. The molecule has 104 valence electrons. The molecule has 0 spiro atoms. The summed E-state index contributed by atoms with van der Waals surface area (Å²) in [4.78, 5) is 19.5. The van der Waals surface area contributed by atoms with Crippen molar-refractivity contribution in [1.82, 2.24) is 9.97 Å². The summed E-state index contributed by atoms with van der Waals surface area (Å²) in [6.45, 7) is 3.89. The van der Waals surface area contributed by atoms with Gasteiger partial charge in [-0.2, -0.15) is 0 Å². The smallest absolute Gasteiger partial charge is 0.335 e. The molecule has 1 heterocycles. The molecule has 2 aromatic rings. The predicted molar refractivity (Wildman–Crippen MR) is 76.2 cm³/mol. The second kappa shape index (κ2) is 5.66. The van der Waals surface area contributed by atoms with Crippen molar-refractivity contribution in [2.24, 2.45) is 0 Å². The van der Waals surface area contributed by atoms with Gasteiger partial charge in [0.1, 0.15) is 16.2 Å². The molecule has 1 aromatic carbocycles. The molecular weight excluding hydrogens is 327 g/mol. The Morgan fingerprint density at radius 1 is 1.25 bits per heavy atom. The maximum atomic E-state index is 13.5. The van der Waals surface area contributed by atoms with Gasteiger partial charge in [0.2, 0.25) is 0 Å². The summed E-state index contributed by atoms with van der Waals surface area (Å²) in [5.41, 5.74) is 0.783. The molecule has 0 radical (unpaired) electrons. The van der Waals surface area contributed by atoms with Crippen molar-refractivity contribution >= 4 is 21.9 Å². The van der Waals surface area contributed by atoms with Crippen LogP contribution in [0.3, 0.4) is 0 Å². The highest BCUT2D eigenvalue weighted by atomic mass is 79.9. The molecule has 6 heteroatoms. The maximum Gasteiger partial charge on any atom is 0.335 e. The average molecular weight is 339 g/mol. The van der Waals surface area contributed by atoms with Crippen LogP contribution in [0.25, 0.3) is 11.3 Å². The number of carboxylic acids is 1. The molecule has 0 saturated heterocycles. The minimum atomic E-state index is -1.18. The lowest BCUT2D eigenvalue weighted by atomic mass is 10.1. The van der Waals surface area contributed by atoms with Gasteiger partial charge in [-0.3, -0.25) is 0 Å². The summed E-state index contributed by atoms with van der Waals surface area (Å²) in [5, 5.41) is 8.97. The Kier molecular flexibility index (Phi) is 4.13. The summed E-state index contributed by atoms with van der Waals surface area (Å²) in [5.74, 6) is -1.07. The zero-order valence-electron chi connectivity index (χ0n) is 10.9. The van der Waals surface area contributed by atoms with Gasteiger partial charge >= 0.3 is 5.97 Å². The number of rotatable bonds is 3. The van der Waals surface area contributed by atoms with Crippen LogP contribution < -0.4 is 0 Å². The molecule has 4 nitrogen and oxygen atoms in total. The van der Waals surface area contributed by atoms with Crippen molar-refractivity contribution in [3.8, 4) is 11.3 Å². The first kappa shape index (κ1) is 14.6. The Morgan fingerprint density at radius 3 is 2.55 bits per heavy atom. The van der Waals surface area contributed by atoms with Gasteiger partial charge in [0, 0.05) is 11.5 Å². The number of hydrogen-bond acceptors (Lipinski definition) is 3. The molecule has 2 rings (SSSR count). The monoisotopic (exact) mass is 338 g/mol. The third-order valence-electron chi connectivity index (χ3n) is 2.67. The Labute approximate surface area is 123 Å². The van der Waals surface area contributed by atoms with E-state index in [1.54, 1.807) is 6.07 Å².